The quantitative estimate of drug-likeness (QED) is 0.639. The molecule has 1 amide bonds. The van der Waals surface area contributed by atoms with Crippen LogP contribution in [0.25, 0.3) is 0 Å². The van der Waals surface area contributed by atoms with Crippen molar-refractivity contribution in [3.63, 3.8) is 0 Å². The van der Waals surface area contributed by atoms with Crippen molar-refractivity contribution in [1.29, 1.82) is 0 Å². The lowest BCUT2D eigenvalue weighted by atomic mass is 9.90. The van der Waals surface area contributed by atoms with Crippen molar-refractivity contribution in [2.75, 3.05) is 25.0 Å². The molecule has 1 aliphatic heterocycles. The van der Waals surface area contributed by atoms with Crippen molar-refractivity contribution < 1.29 is 4.79 Å². The van der Waals surface area contributed by atoms with Crippen LogP contribution in [-0.2, 0) is 11.2 Å². The number of aromatic nitrogens is 1. The highest BCUT2D eigenvalue weighted by Gasteiger charge is 2.22. The Hall–Kier alpha value is -2.89. The minimum absolute atomic E-state index is 0.0222. The molecule has 1 saturated heterocycles. The Kier molecular flexibility index (Phi) is 6.19. The summed E-state index contributed by atoms with van der Waals surface area (Å²) in [5.41, 5.74) is 7.19. The van der Waals surface area contributed by atoms with Crippen LogP contribution in [-0.4, -0.2) is 41.4 Å². The normalized spacial score (nSPS) is 15.7. The van der Waals surface area contributed by atoms with Gasteiger partial charge >= 0.3 is 0 Å². The standard InChI is InChI=1S/C20H25N5O/c21-20(24-18-8-4-5-11-22-18)23-15-19(26)25-12-9-17(10-13-25)14-16-6-2-1-3-7-16/h1-8,11,17H,9-10,12-15H2,(H3,21,22,23,24). The maximum atomic E-state index is 12.3. The topological polar surface area (TPSA) is 83.6 Å². The van der Waals surface area contributed by atoms with E-state index in [9.17, 15) is 4.79 Å². The fourth-order valence-electron chi connectivity index (χ4n) is 3.19. The molecular formula is C20H25N5O. The fraction of sp³-hybridized carbons (Fsp3) is 0.350. The number of guanidine groups is 1. The van der Waals surface area contributed by atoms with Crippen molar-refractivity contribution in [3.05, 3.63) is 60.3 Å². The maximum Gasteiger partial charge on any atom is 0.244 e. The van der Waals surface area contributed by atoms with Gasteiger partial charge in [0.15, 0.2) is 5.96 Å². The van der Waals surface area contributed by atoms with Crippen molar-refractivity contribution in [2.45, 2.75) is 19.3 Å². The molecule has 0 bridgehead atoms. The van der Waals surface area contributed by atoms with Gasteiger partial charge in [0, 0.05) is 19.3 Å². The molecule has 1 fully saturated rings. The molecule has 3 N–H and O–H groups in total. The van der Waals surface area contributed by atoms with Gasteiger partial charge in [-0.15, -0.1) is 0 Å². The molecule has 1 aliphatic rings. The molecule has 1 aromatic heterocycles. The second-order valence-corrected chi connectivity index (χ2v) is 6.56. The van der Waals surface area contributed by atoms with Gasteiger partial charge in [-0.1, -0.05) is 36.4 Å². The zero-order valence-corrected chi connectivity index (χ0v) is 14.8. The molecule has 2 aromatic rings. The molecule has 136 valence electrons. The van der Waals surface area contributed by atoms with Gasteiger partial charge in [-0.05, 0) is 42.9 Å². The van der Waals surface area contributed by atoms with E-state index in [0.29, 0.717) is 11.7 Å². The Morgan fingerprint density at radius 3 is 2.58 bits per heavy atom. The fourth-order valence-corrected chi connectivity index (χ4v) is 3.19. The molecule has 0 aliphatic carbocycles. The van der Waals surface area contributed by atoms with Crippen LogP contribution < -0.4 is 11.1 Å². The molecule has 6 nitrogen and oxygen atoms in total. The lowest BCUT2D eigenvalue weighted by Gasteiger charge is -2.31. The summed E-state index contributed by atoms with van der Waals surface area (Å²) in [6.07, 6.45) is 4.82. The van der Waals surface area contributed by atoms with Crippen molar-refractivity contribution in [3.8, 4) is 0 Å². The number of nitrogens with one attached hydrogen (secondary N) is 1. The van der Waals surface area contributed by atoms with Crippen LogP contribution in [0.2, 0.25) is 0 Å². The molecule has 3 rings (SSSR count). The number of hydrogen-bond donors (Lipinski definition) is 2. The van der Waals surface area contributed by atoms with Gasteiger partial charge in [-0.25, -0.2) is 9.98 Å². The van der Waals surface area contributed by atoms with Crippen molar-refractivity contribution in [2.24, 2.45) is 16.6 Å². The number of likely N-dealkylation sites (tertiary alicyclic amines) is 1. The largest absolute Gasteiger partial charge is 0.370 e. The summed E-state index contributed by atoms with van der Waals surface area (Å²) in [7, 11) is 0. The number of nitrogens with zero attached hydrogens (tertiary/aromatic N) is 3. The van der Waals surface area contributed by atoms with Crippen LogP contribution >= 0.6 is 0 Å². The molecule has 2 heterocycles. The Bertz CT molecular complexity index is 724. The zero-order valence-electron chi connectivity index (χ0n) is 14.8. The monoisotopic (exact) mass is 351 g/mol. The predicted molar refractivity (Wildman–Crippen MR) is 104 cm³/mol. The highest BCUT2D eigenvalue weighted by atomic mass is 16.2. The third-order valence-corrected chi connectivity index (χ3v) is 4.64. The Labute approximate surface area is 154 Å². The third-order valence-electron chi connectivity index (χ3n) is 4.64. The smallest absolute Gasteiger partial charge is 0.244 e. The molecule has 0 unspecified atom stereocenters. The van der Waals surface area contributed by atoms with E-state index in [1.165, 1.54) is 5.56 Å². The number of carbonyl (C=O) groups is 1. The number of piperidine rings is 1. The lowest BCUT2D eigenvalue weighted by molar-refractivity contribution is -0.130. The summed E-state index contributed by atoms with van der Waals surface area (Å²) in [5.74, 6) is 1.48. The number of rotatable bonds is 5. The molecule has 0 atom stereocenters. The molecule has 0 radical (unpaired) electrons. The first-order chi connectivity index (χ1) is 12.7. The number of hydrogen-bond acceptors (Lipinski definition) is 3. The third kappa shape index (κ3) is 5.31. The number of benzene rings is 1. The van der Waals surface area contributed by atoms with Gasteiger partial charge in [0.05, 0.1) is 0 Å². The van der Waals surface area contributed by atoms with Gasteiger partial charge in [0.1, 0.15) is 12.4 Å². The number of pyridine rings is 1. The summed E-state index contributed by atoms with van der Waals surface area (Å²) in [5, 5.41) is 2.88. The molecular weight excluding hydrogens is 326 g/mol. The van der Waals surface area contributed by atoms with Gasteiger partial charge in [-0.3, -0.25) is 4.79 Å². The summed E-state index contributed by atoms with van der Waals surface area (Å²) in [6.45, 7) is 1.65. The second-order valence-electron chi connectivity index (χ2n) is 6.56. The first-order valence-electron chi connectivity index (χ1n) is 9.00. The molecule has 6 heteroatoms. The molecule has 26 heavy (non-hydrogen) atoms. The summed E-state index contributed by atoms with van der Waals surface area (Å²) in [6, 6.07) is 16.0. The number of aliphatic imine (C=N–C) groups is 1. The molecule has 0 saturated carbocycles. The lowest BCUT2D eigenvalue weighted by Crippen LogP contribution is -2.40. The summed E-state index contributed by atoms with van der Waals surface area (Å²) >= 11 is 0. The van der Waals surface area contributed by atoms with E-state index in [1.807, 2.05) is 23.1 Å². The maximum absolute atomic E-state index is 12.3. The number of amides is 1. The zero-order chi connectivity index (χ0) is 18.2. The highest BCUT2D eigenvalue weighted by Crippen LogP contribution is 2.21. The number of carbonyl (C=O) groups excluding carboxylic acids is 1. The minimum atomic E-state index is 0.0222. The van der Waals surface area contributed by atoms with Gasteiger partial charge in [0.2, 0.25) is 5.91 Å². The van der Waals surface area contributed by atoms with Crippen LogP contribution in [0.4, 0.5) is 5.82 Å². The average Bonchev–Trinajstić information content (AvgIpc) is 2.68. The minimum Gasteiger partial charge on any atom is -0.370 e. The van der Waals surface area contributed by atoms with E-state index in [0.717, 1.165) is 32.4 Å². The number of anilines is 1. The van der Waals surface area contributed by atoms with Crippen LogP contribution in [0.1, 0.15) is 18.4 Å². The average molecular weight is 351 g/mol. The Morgan fingerprint density at radius 1 is 1.15 bits per heavy atom. The Balaban J connectivity index is 1.42. The summed E-state index contributed by atoms with van der Waals surface area (Å²) < 4.78 is 0. The summed E-state index contributed by atoms with van der Waals surface area (Å²) in [4.78, 5) is 22.5. The van der Waals surface area contributed by atoms with Gasteiger partial charge in [0.25, 0.3) is 0 Å². The second kappa shape index (κ2) is 8.99. The van der Waals surface area contributed by atoms with E-state index < -0.39 is 0 Å². The SMILES string of the molecule is NC(=NCC(=O)N1CCC(Cc2ccccc2)CC1)Nc1ccccn1. The van der Waals surface area contributed by atoms with Crippen molar-refractivity contribution in [1.82, 2.24) is 9.88 Å². The van der Waals surface area contributed by atoms with E-state index in [4.69, 9.17) is 5.73 Å². The number of nitrogens with two attached hydrogens (primary N) is 1. The highest BCUT2D eigenvalue weighted by molar-refractivity contribution is 5.93. The van der Waals surface area contributed by atoms with Crippen molar-refractivity contribution >= 4 is 17.7 Å². The van der Waals surface area contributed by atoms with E-state index in [2.05, 4.69) is 39.6 Å². The van der Waals surface area contributed by atoms with Crippen LogP contribution in [0.3, 0.4) is 0 Å². The van der Waals surface area contributed by atoms with E-state index >= 15 is 0 Å². The predicted octanol–water partition coefficient (Wildman–Crippen LogP) is 2.29. The van der Waals surface area contributed by atoms with Crippen LogP contribution in [0.15, 0.2) is 59.7 Å². The Morgan fingerprint density at radius 2 is 1.88 bits per heavy atom. The van der Waals surface area contributed by atoms with E-state index in [1.54, 1.807) is 12.3 Å². The van der Waals surface area contributed by atoms with Crippen LogP contribution in [0.5, 0.6) is 0 Å². The first-order valence-corrected chi connectivity index (χ1v) is 9.00. The van der Waals surface area contributed by atoms with Gasteiger partial charge < -0.3 is 16.0 Å². The first kappa shape index (κ1) is 17.9. The van der Waals surface area contributed by atoms with E-state index in [-0.39, 0.29) is 18.4 Å². The molecule has 1 aromatic carbocycles. The van der Waals surface area contributed by atoms with Gasteiger partial charge in [-0.2, -0.15) is 0 Å². The van der Waals surface area contributed by atoms with Crippen LogP contribution in [0, 0.1) is 5.92 Å². The molecule has 0 spiro atoms.